The molecule has 1 atom stereocenters. The molecular formula is C21H29N3O2. The van der Waals surface area contributed by atoms with Gasteiger partial charge in [-0.2, -0.15) is 5.26 Å². The van der Waals surface area contributed by atoms with Crippen molar-refractivity contribution in [3.63, 3.8) is 0 Å². The number of nitrogens with zero attached hydrogens (tertiary/aromatic N) is 1. The molecule has 1 saturated carbocycles. The number of carbonyl (C=O) groups is 2. The van der Waals surface area contributed by atoms with Crippen molar-refractivity contribution in [2.75, 3.05) is 6.54 Å². The zero-order valence-electron chi connectivity index (χ0n) is 15.8. The van der Waals surface area contributed by atoms with E-state index >= 15 is 0 Å². The number of nitriles is 1. The molecule has 0 spiro atoms. The lowest BCUT2D eigenvalue weighted by Gasteiger charge is -2.25. The Morgan fingerprint density at radius 2 is 1.88 bits per heavy atom. The van der Waals surface area contributed by atoms with Crippen LogP contribution in [0.15, 0.2) is 24.3 Å². The zero-order chi connectivity index (χ0) is 18.9. The minimum absolute atomic E-state index is 0.0536. The number of amides is 2. The van der Waals surface area contributed by atoms with Gasteiger partial charge in [0.05, 0.1) is 6.07 Å². The fraction of sp³-hybridized carbons (Fsp3) is 0.571. The van der Waals surface area contributed by atoms with E-state index < -0.39 is 6.04 Å². The number of carbonyl (C=O) groups excluding carboxylic acids is 2. The van der Waals surface area contributed by atoms with Gasteiger partial charge in [0.25, 0.3) is 5.91 Å². The summed E-state index contributed by atoms with van der Waals surface area (Å²) in [4.78, 5) is 25.2. The highest BCUT2D eigenvalue weighted by Crippen LogP contribution is 2.34. The molecule has 0 saturated heterocycles. The van der Waals surface area contributed by atoms with Gasteiger partial charge in [0, 0.05) is 5.56 Å². The van der Waals surface area contributed by atoms with Gasteiger partial charge in [0.1, 0.15) is 12.6 Å². The molecule has 2 amide bonds. The molecule has 1 fully saturated rings. The summed E-state index contributed by atoms with van der Waals surface area (Å²) in [6.45, 7) is 3.96. The first-order valence-electron chi connectivity index (χ1n) is 9.57. The summed E-state index contributed by atoms with van der Waals surface area (Å²) in [6, 6.07) is 9.00. The second-order valence-electron chi connectivity index (χ2n) is 7.45. The Bertz CT molecular complexity index is 657. The molecule has 5 heteroatoms. The molecule has 0 bridgehead atoms. The van der Waals surface area contributed by atoms with Crippen LogP contribution in [0.3, 0.4) is 0 Å². The third-order valence-electron chi connectivity index (χ3n) is 4.92. The highest BCUT2D eigenvalue weighted by atomic mass is 16.2. The van der Waals surface area contributed by atoms with E-state index in [9.17, 15) is 9.59 Å². The van der Waals surface area contributed by atoms with Gasteiger partial charge in [-0.15, -0.1) is 0 Å². The lowest BCUT2D eigenvalue weighted by Crippen LogP contribution is -2.47. The quantitative estimate of drug-likeness (QED) is 0.734. The number of hydrogen-bond acceptors (Lipinski definition) is 3. The first-order chi connectivity index (χ1) is 12.5. The van der Waals surface area contributed by atoms with Crippen molar-refractivity contribution in [1.29, 1.82) is 5.26 Å². The Hall–Kier alpha value is -2.35. The summed E-state index contributed by atoms with van der Waals surface area (Å²) in [7, 11) is 0. The smallest absolute Gasteiger partial charge is 0.252 e. The predicted molar refractivity (Wildman–Crippen MR) is 102 cm³/mol. The minimum Gasteiger partial charge on any atom is -0.341 e. The average Bonchev–Trinajstić information content (AvgIpc) is 2.65. The molecule has 1 aromatic rings. The highest BCUT2D eigenvalue weighted by Gasteiger charge is 2.25. The van der Waals surface area contributed by atoms with Crippen LogP contribution in [-0.2, 0) is 4.79 Å². The molecule has 2 N–H and O–H groups in total. The van der Waals surface area contributed by atoms with E-state index in [0.29, 0.717) is 17.9 Å². The van der Waals surface area contributed by atoms with E-state index in [-0.39, 0.29) is 24.3 Å². The molecule has 1 aliphatic carbocycles. The maximum Gasteiger partial charge on any atom is 0.252 e. The fourth-order valence-corrected chi connectivity index (χ4v) is 3.66. The largest absolute Gasteiger partial charge is 0.341 e. The molecule has 2 rings (SSSR count). The van der Waals surface area contributed by atoms with E-state index in [1.54, 1.807) is 0 Å². The van der Waals surface area contributed by atoms with Gasteiger partial charge < -0.3 is 10.6 Å². The number of rotatable bonds is 7. The van der Waals surface area contributed by atoms with Crippen LogP contribution in [0.25, 0.3) is 0 Å². The molecule has 0 aromatic heterocycles. The van der Waals surface area contributed by atoms with Crippen LogP contribution in [0.5, 0.6) is 0 Å². The Kier molecular flexibility index (Phi) is 7.65. The van der Waals surface area contributed by atoms with Crippen molar-refractivity contribution in [3.8, 4) is 6.07 Å². The van der Waals surface area contributed by atoms with Crippen LogP contribution in [-0.4, -0.2) is 24.4 Å². The summed E-state index contributed by atoms with van der Waals surface area (Å²) in [6.07, 6.45) is 6.43. The summed E-state index contributed by atoms with van der Waals surface area (Å²) in [5.74, 6) is 0.163. The predicted octanol–water partition coefficient (Wildman–Crippen LogP) is 3.52. The van der Waals surface area contributed by atoms with Gasteiger partial charge in [0.2, 0.25) is 5.91 Å². The molecule has 0 radical (unpaired) electrons. The van der Waals surface area contributed by atoms with Crippen LogP contribution in [0.1, 0.15) is 74.2 Å². The SMILES string of the molecule is CC(C)C[C@H](NC(=O)c1ccccc1C1CCCCC1)C(=O)NCC#N. The van der Waals surface area contributed by atoms with Crippen molar-refractivity contribution < 1.29 is 9.59 Å². The topological polar surface area (TPSA) is 82.0 Å². The second kappa shape index (κ2) is 9.96. The Balaban J connectivity index is 2.15. The summed E-state index contributed by atoms with van der Waals surface area (Å²) >= 11 is 0. The van der Waals surface area contributed by atoms with Gasteiger partial charge in [-0.05, 0) is 42.7 Å². The summed E-state index contributed by atoms with van der Waals surface area (Å²) in [5, 5.41) is 14.1. The van der Waals surface area contributed by atoms with E-state index in [2.05, 4.69) is 10.6 Å². The first-order valence-corrected chi connectivity index (χ1v) is 9.57. The van der Waals surface area contributed by atoms with Crippen LogP contribution >= 0.6 is 0 Å². The minimum atomic E-state index is -0.629. The van der Waals surface area contributed by atoms with Crippen molar-refractivity contribution in [2.24, 2.45) is 5.92 Å². The standard InChI is InChI=1S/C21H29N3O2/c1-15(2)14-19(21(26)23-13-12-22)24-20(25)18-11-7-6-10-17(18)16-8-4-3-5-9-16/h6-7,10-11,15-16,19H,3-5,8-9,13-14H2,1-2H3,(H,23,26)(H,24,25)/t19-/m0/s1. The fourth-order valence-electron chi connectivity index (χ4n) is 3.66. The molecule has 1 aliphatic rings. The molecule has 5 nitrogen and oxygen atoms in total. The van der Waals surface area contributed by atoms with Crippen molar-refractivity contribution in [3.05, 3.63) is 35.4 Å². The van der Waals surface area contributed by atoms with Crippen molar-refractivity contribution in [2.45, 2.75) is 64.3 Å². The van der Waals surface area contributed by atoms with Crippen LogP contribution < -0.4 is 10.6 Å². The van der Waals surface area contributed by atoms with Crippen molar-refractivity contribution >= 4 is 11.8 Å². The van der Waals surface area contributed by atoms with E-state index in [1.807, 2.05) is 44.2 Å². The van der Waals surface area contributed by atoms with Gasteiger partial charge >= 0.3 is 0 Å². The Labute approximate surface area is 156 Å². The maximum atomic E-state index is 12.9. The van der Waals surface area contributed by atoms with Gasteiger partial charge in [-0.3, -0.25) is 9.59 Å². The Morgan fingerprint density at radius 1 is 1.19 bits per heavy atom. The maximum absolute atomic E-state index is 12.9. The van der Waals surface area contributed by atoms with Crippen LogP contribution in [0.4, 0.5) is 0 Å². The summed E-state index contributed by atoms with van der Waals surface area (Å²) in [5.41, 5.74) is 1.76. The molecule has 0 aliphatic heterocycles. The summed E-state index contributed by atoms with van der Waals surface area (Å²) < 4.78 is 0. The van der Waals surface area contributed by atoms with Gasteiger partial charge in [0.15, 0.2) is 0 Å². The Morgan fingerprint density at radius 3 is 2.54 bits per heavy atom. The number of benzene rings is 1. The molecule has 0 unspecified atom stereocenters. The van der Waals surface area contributed by atoms with Crippen LogP contribution in [0.2, 0.25) is 0 Å². The normalized spacial score (nSPS) is 15.9. The molecular weight excluding hydrogens is 326 g/mol. The highest BCUT2D eigenvalue weighted by molar-refractivity contribution is 5.98. The molecule has 26 heavy (non-hydrogen) atoms. The zero-order valence-corrected chi connectivity index (χ0v) is 15.8. The molecule has 140 valence electrons. The first kappa shape index (κ1) is 20.0. The van der Waals surface area contributed by atoms with E-state index in [0.717, 1.165) is 18.4 Å². The third kappa shape index (κ3) is 5.59. The number of nitrogens with one attached hydrogen (secondary N) is 2. The number of hydrogen-bond donors (Lipinski definition) is 2. The molecule has 0 heterocycles. The van der Waals surface area contributed by atoms with Crippen LogP contribution in [0, 0.1) is 17.2 Å². The molecule has 1 aromatic carbocycles. The van der Waals surface area contributed by atoms with Gasteiger partial charge in [-0.1, -0.05) is 51.3 Å². The lowest BCUT2D eigenvalue weighted by atomic mass is 9.82. The van der Waals surface area contributed by atoms with E-state index in [4.69, 9.17) is 5.26 Å². The lowest BCUT2D eigenvalue weighted by molar-refractivity contribution is -0.123. The third-order valence-corrected chi connectivity index (χ3v) is 4.92. The monoisotopic (exact) mass is 355 g/mol. The van der Waals surface area contributed by atoms with Crippen molar-refractivity contribution in [1.82, 2.24) is 10.6 Å². The van der Waals surface area contributed by atoms with E-state index in [1.165, 1.54) is 19.3 Å². The van der Waals surface area contributed by atoms with Gasteiger partial charge in [-0.25, -0.2) is 0 Å². The second-order valence-corrected chi connectivity index (χ2v) is 7.45. The average molecular weight is 355 g/mol.